The Morgan fingerprint density at radius 2 is 1.96 bits per heavy atom. The van der Waals surface area contributed by atoms with E-state index in [9.17, 15) is 9.59 Å². The van der Waals surface area contributed by atoms with Crippen LogP contribution in [0.4, 0.5) is 10.8 Å². The molecular weight excluding hydrogens is 402 g/mol. The van der Waals surface area contributed by atoms with Crippen molar-refractivity contribution >= 4 is 60.1 Å². The highest BCUT2D eigenvalue weighted by atomic mass is 79.9. The second-order valence-corrected chi connectivity index (χ2v) is 7.32. The maximum Gasteiger partial charge on any atom is 0.256 e. The molecule has 0 atom stereocenters. The second kappa shape index (κ2) is 7.76. The zero-order valence-electron chi connectivity index (χ0n) is 13.5. The summed E-state index contributed by atoms with van der Waals surface area (Å²) in [6, 6.07) is 12.7. The number of benzene rings is 2. The lowest BCUT2D eigenvalue weighted by Crippen LogP contribution is -2.12. The van der Waals surface area contributed by atoms with Crippen LogP contribution in [0.1, 0.15) is 30.1 Å². The van der Waals surface area contributed by atoms with Crippen LogP contribution in [0, 0.1) is 0 Å². The van der Waals surface area contributed by atoms with Gasteiger partial charge in [-0.3, -0.25) is 9.59 Å². The molecule has 7 heteroatoms. The first kappa shape index (κ1) is 17.6. The molecule has 0 radical (unpaired) electrons. The molecule has 5 nitrogen and oxygen atoms in total. The predicted molar refractivity (Wildman–Crippen MR) is 105 cm³/mol. The quantitative estimate of drug-likeness (QED) is 0.609. The highest BCUT2D eigenvalue weighted by Crippen LogP contribution is 2.29. The molecule has 0 aliphatic heterocycles. The number of rotatable bonds is 5. The van der Waals surface area contributed by atoms with E-state index in [0.29, 0.717) is 22.8 Å². The van der Waals surface area contributed by atoms with E-state index in [-0.39, 0.29) is 11.8 Å². The third-order valence-electron chi connectivity index (χ3n) is 3.49. The molecule has 0 bridgehead atoms. The highest BCUT2D eigenvalue weighted by molar-refractivity contribution is 9.10. The van der Waals surface area contributed by atoms with Crippen LogP contribution in [0.25, 0.3) is 10.2 Å². The molecule has 2 amide bonds. The molecule has 2 N–H and O–H groups in total. The molecule has 3 rings (SSSR count). The van der Waals surface area contributed by atoms with Crippen LogP contribution in [0.15, 0.2) is 46.9 Å². The Kier molecular flexibility index (Phi) is 5.45. The molecule has 25 heavy (non-hydrogen) atoms. The van der Waals surface area contributed by atoms with Gasteiger partial charge in [-0.25, -0.2) is 4.98 Å². The number of halogens is 1. The standard InChI is InChI=1S/C18H16BrN3O2S/c1-2-5-16(23)22-18-21-14-9-8-11(10-15(14)25-18)20-17(24)12-6-3-4-7-13(12)19/h3-4,6-10H,2,5H2,1H3,(H,20,24)(H,21,22,23). The molecule has 2 aromatic carbocycles. The van der Waals surface area contributed by atoms with Gasteiger partial charge in [0.25, 0.3) is 5.91 Å². The van der Waals surface area contributed by atoms with E-state index in [1.807, 2.05) is 37.3 Å². The average Bonchev–Trinajstić information content (AvgIpc) is 2.96. The number of carbonyl (C=O) groups is 2. The van der Waals surface area contributed by atoms with Crippen molar-refractivity contribution in [3.63, 3.8) is 0 Å². The number of hydrogen-bond donors (Lipinski definition) is 2. The fourth-order valence-electron chi connectivity index (χ4n) is 2.31. The maximum absolute atomic E-state index is 12.4. The molecular formula is C18H16BrN3O2S. The van der Waals surface area contributed by atoms with E-state index >= 15 is 0 Å². The lowest BCUT2D eigenvalue weighted by Gasteiger charge is -2.06. The predicted octanol–water partition coefficient (Wildman–Crippen LogP) is 5.05. The first-order chi connectivity index (χ1) is 12.1. The van der Waals surface area contributed by atoms with Crippen molar-refractivity contribution < 1.29 is 9.59 Å². The number of amides is 2. The van der Waals surface area contributed by atoms with Crippen molar-refractivity contribution in [2.24, 2.45) is 0 Å². The topological polar surface area (TPSA) is 71.1 Å². The van der Waals surface area contributed by atoms with E-state index in [2.05, 4.69) is 31.5 Å². The van der Waals surface area contributed by atoms with Crippen LogP contribution in [0.2, 0.25) is 0 Å². The van der Waals surface area contributed by atoms with Gasteiger partial charge < -0.3 is 10.6 Å². The normalized spacial score (nSPS) is 10.6. The molecule has 0 spiro atoms. The monoisotopic (exact) mass is 417 g/mol. The first-order valence-electron chi connectivity index (χ1n) is 7.83. The summed E-state index contributed by atoms with van der Waals surface area (Å²) in [5, 5.41) is 6.26. The minimum Gasteiger partial charge on any atom is -0.322 e. The Balaban J connectivity index is 1.78. The molecule has 1 aromatic heterocycles. The van der Waals surface area contributed by atoms with Crippen molar-refractivity contribution in [2.75, 3.05) is 10.6 Å². The Bertz CT molecular complexity index is 939. The van der Waals surface area contributed by atoms with Crippen LogP contribution in [-0.4, -0.2) is 16.8 Å². The van der Waals surface area contributed by atoms with Crippen molar-refractivity contribution in [3.05, 3.63) is 52.5 Å². The number of anilines is 2. The van der Waals surface area contributed by atoms with Crippen LogP contribution in [0.3, 0.4) is 0 Å². The lowest BCUT2D eigenvalue weighted by molar-refractivity contribution is -0.116. The average molecular weight is 418 g/mol. The third kappa shape index (κ3) is 4.24. The summed E-state index contributed by atoms with van der Waals surface area (Å²) in [7, 11) is 0. The van der Waals surface area contributed by atoms with E-state index in [1.54, 1.807) is 12.1 Å². The van der Waals surface area contributed by atoms with Gasteiger partial charge in [-0.15, -0.1) is 0 Å². The number of nitrogens with one attached hydrogen (secondary N) is 2. The molecule has 3 aromatic rings. The Hall–Kier alpha value is -2.25. The van der Waals surface area contributed by atoms with Crippen molar-refractivity contribution in [2.45, 2.75) is 19.8 Å². The minimum absolute atomic E-state index is 0.0380. The van der Waals surface area contributed by atoms with Gasteiger partial charge in [0.15, 0.2) is 5.13 Å². The molecule has 1 heterocycles. The number of fused-ring (bicyclic) bond motifs is 1. The molecule has 0 aliphatic rings. The minimum atomic E-state index is -0.187. The summed E-state index contributed by atoms with van der Waals surface area (Å²) >= 11 is 4.77. The van der Waals surface area contributed by atoms with Crippen molar-refractivity contribution in [1.82, 2.24) is 4.98 Å². The van der Waals surface area contributed by atoms with E-state index in [0.717, 1.165) is 21.1 Å². The van der Waals surface area contributed by atoms with Gasteiger partial charge in [-0.05, 0) is 52.7 Å². The highest BCUT2D eigenvalue weighted by Gasteiger charge is 2.11. The number of carbonyl (C=O) groups excluding carboxylic acids is 2. The Labute approximate surface area is 157 Å². The maximum atomic E-state index is 12.4. The molecule has 0 saturated heterocycles. The van der Waals surface area contributed by atoms with Gasteiger partial charge in [0.2, 0.25) is 5.91 Å². The van der Waals surface area contributed by atoms with Gasteiger partial charge in [0.05, 0.1) is 15.8 Å². The number of nitrogens with zero attached hydrogens (tertiary/aromatic N) is 1. The fraction of sp³-hybridized carbons (Fsp3) is 0.167. The zero-order chi connectivity index (χ0) is 17.8. The Morgan fingerprint density at radius 1 is 1.16 bits per heavy atom. The smallest absolute Gasteiger partial charge is 0.256 e. The SMILES string of the molecule is CCCC(=O)Nc1nc2ccc(NC(=O)c3ccccc3Br)cc2s1. The molecule has 0 fully saturated rings. The van der Waals surface area contributed by atoms with Crippen LogP contribution in [-0.2, 0) is 4.79 Å². The van der Waals surface area contributed by atoms with Gasteiger partial charge in [0.1, 0.15) is 0 Å². The third-order valence-corrected chi connectivity index (χ3v) is 5.11. The molecule has 0 aliphatic carbocycles. The van der Waals surface area contributed by atoms with Crippen LogP contribution >= 0.6 is 27.3 Å². The number of aromatic nitrogens is 1. The summed E-state index contributed by atoms with van der Waals surface area (Å²) in [5.74, 6) is -0.225. The van der Waals surface area contributed by atoms with Gasteiger partial charge >= 0.3 is 0 Å². The first-order valence-corrected chi connectivity index (χ1v) is 9.44. The molecule has 128 valence electrons. The van der Waals surface area contributed by atoms with Gasteiger partial charge in [-0.2, -0.15) is 0 Å². The summed E-state index contributed by atoms with van der Waals surface area (Å²) in [4.78, 5) is 28.5. The van der Waals surface area contributed by atoms with Crippen molar-refractivity contribution in [3.8, 4) is 0 Å². The van der Waals surface area contributed by atoms with E-state index < -0.39 is 0 Å². The number of hydrogen-bond acceptors (Lipinski definition) is 4. The van der Waals surface area contributed by atoms with E-state index in [4.69, 9.17) is 0 Å². The second-order valence-electron chi connectivity index (χ2n) is 5.43. The summed E-state index contributed by atoms with van der Waals surface area (Å²) < 4.78 is 1.64. The molecule has 0 saturated carbocycles. The van der Waals surface area contributed by atoms with Gasteiger partial charge in [0, 0.05) is 16.6 Å². The Morgan fingerprint density at radius 3 is 2.72 bits per heavy atom. The summed E-state index contributed by atoms with van der Waals surface area (Å²) in [6.07, 6.45) is 1.27. The summed E-state index contributed by atoms with van der Waals surface area (Å²) in [6.45, 7) is 1.96. The number of thiazole rings is 1. The van der Waals surface area contributed by atoms with Crippen molar-refractivity contribution in [1.29, 1.82) is 0 Å². The van der Waals surface area contributed by atoms with Crippen LogP contribution in [0.5, 0.6) is 0 Å². The fourth-order valence-corrected chi connectivity index (χ4v) is 3.69. The zero-order valence-corrected chi connectivity index (χ0v) is 15.9. The van der Waals surface area contributed by atoms with E-state index in [1.165, 1.54) is 11.3 Å². The van der Waals surface area contributed by atoms with Gasteiger partial charge in [-0.1, -0.05) is 30.4 Å². The molecule has 0 unspecified atom stereocenters. The van der Waals surface area contributed by atoms with Crippen LogP contribution < -0.4 is 10.6 Å². The lowest BCUT2D eigenvalue weighted by atomic mass is 10.2. The summed E-state index contributed by atoms with van der Waals surface area (Å²) in [5.41, 5.74) is 2.04. The largest absolute Gasteiger partial charge is 0.322 e.